The normalized spacial score (nSPS) is 16.1. The standard InChI is InChI=1S/C11H8F17O3Si/c1-29-32(30-2)31-3-4(12,13)5(14,15)6(16,17)7(18,19)8(20,21)9(22,23)10(24,25)11(26,27)28/h3H2,1-2H3. The van der Waals surface area contributed by atoms with Crippen molar-refractivity contribution < 1.29 is 87.9 Å². The Morgan fingerprint density at radius 2 is 0.750 bits per heavy atom. The second-order valence-electron chi connectivity index (χ2n) is 5.60. The van der Waals surface area contributed by atoms with Gasteiger partial charge in [-0.2, -0.15) is 74.6 Å². The number of hydrogen-bond acceptors (Lipinski definition) is 3. The van der Waals surface area contributed by atoms with Crippen molar-refractivity contribution in [2.45, 2.75) is 47.6 Å². The Morgan fingerprint density at radius 1 is 0.469 bits per heavy atom. The number of alkyl halides is 17. The predicted octanol–water partition coefficient (Wildman–Crippen LogP) is 5.29. The maximum Gasteiger partial charge on any atom is 0.577 e. The SMILES string of the molecule is CO[Si](OC)OCC(F)(F)C(F)(F)C(F)(F)C(F)(F)C(F)(F)C(F)(F)C(F)(F)C(F)(F)F. The lowest BCUT2D eigenvalue weighted by Gasteiger charge is -2.42. The smallest absolute Gasteiger partial charge is 0.375 e. The third-order valence-corrected chi connectivity index (χ3v) is 4.54. The van der Waals surface area contributed by atoms with Crippen LogP contribution in [0.25, 0.3) is 0 Å². The van der Waals surface area contributed by atoms with Crippen molar-refractivity contribution >= 4 is 9.53 Å². The number of rotatable bonds is 11. The first kappa shape index (κ1) is 30.9. The van der Waals surface area contributed by atoms with Gasteiger partial charge in [0, 0.05) is 14.2 Å². The van der Waals surface area contributed by atoms with Gasteiger partial charge in [0.15, 0.2) is 0 Å². The van der Waals surface area contributed by atoms with E-state index in [1.807, 2.05) is 0 Å². The first-order valence-corrected chi connectivity index (χ1v) is 8.26. The summed E-state index contributed by atoms with van der Waals surface area (Å²) in [6.07, 6.45) is -7.79. The van der Waals surface area contributed by atoms with Gasteiger partial charge in [0.25, 0.3) is 0 Å². The molecule has 0 rings (SSSR count). The van der Waals surface area contributed by atoms with Crippen LogP contribution in [0.3, 0.4) is 0 Å². The minimum Gasteiger partial charge on any atom is -0.375 e. The fourth-order valence-corrected chi connectivity index (χ4v) is 2.34. The van der Waals surface area contributed by atoms with E-state index in [0.29, 0.717) is 14.2 Å². The van der Waals surface area contributed by atoms with E-state index in [0.717, 1.165) is 0 Å². The van der Waals surface area contributed by atoms with Crippen LogP contribution >= 0.6 is 0 Å². The highest BCUT2D eigenvalue weighted by molar-refractivity contribution is 6.36. The third-order valence-electron chi connectivity index (χ3n) is 3.49. The summed E-state index contributed by atoms with van der Waals surface area (Å²) < 4.78 is 233. The van der Waals surface area contributed by atoms with Crippen molar-refractivity contribution in [3.05, 3.63) is 0 Å². The van der Waals surface area contributed by atoms with E-state index < -0.39 is 63.8 Å². The minimum atomic E-state index is -8.66. The average Bonchev–Trinajstić information content (AvgIpc) is 2.60. The molecule has 0 aliphatic heterocycles. The molecular formula is C11H8F17O3Si. The molecule has 32 heavy (non-hydrogen) atoms. The van der Waals surface area contributed by atoms with E-state index in [4.69, 9.17) is 0 Å². The molecular weight excluding hydrogens is 531 g/mol. The van der Waals surface area contributed by atoms with E-state index in [1.54, 1.807) is 0 Å². The molecule has 0 aromatic carbocycles. The van der Waals surface area contributed by atoms with E-state index >= 15 is 0 Å². The van der Waals surface area contributed by atoms with E-state index in [1.165, 1.54) is 0 Å². The highest BCUT2D eigenvalue weighted by Crippen LogP contribution is 2.63. The lowest BCUT2D eigenvalue weighted by atomic mass is 9.89. The Kier molecular flexibility index (Phi) is 8.31. The van der Waals surface area contributed by atoms with Gasteiger partial charge in [0.2, 0.25) is 0 Å². The lowest BCUT2D eigenvalue weighted by Crippen LogP contribution is -2.74. The second kappa shape index (κ2) is 8.60. The van der Waals surface area contributed by atoms with Gasteiger partial charge in [0.05, 0.1) is 0 Å². The predicted molar refractivity (Wildman–Crippen MR) is 66.4 cm³/mol. The van der Waals surface area contributed by atoms with Crippen LogP contribution in [-0.4, -0.2) is 78.0 Å². The van der Waals surface area contributed by atoms with E-state index in [-0.39, 0.29) is 0 Å². The molecule has 193 valence electrons. The summed E-state index contributed by atoms with van der Waals surface area (Å²) in [5, 5.41) is 0. The molecule has 3 nitrogen and oxygen atoms in total. The fourth-order valence-electron chi connectivity index (χ4n) is 1.64. The monoisotopic (exact) mass is 539 g/mol. The zero-order valence-electron chi connectivity index (χ0n) is 14.9. The summed E-state index contributed by atoms with van der Waals surface area (Å²) in [5.41, 5.74) is 0. The largest absolute Gasteiger partial charge is 0.577 e. The molecule has 0 fully saturated rings. The molecule has 0 aromatic heterocycles. The van der Waals surface area contributed by atoms with Crippen molar-refractivity contribution in [3.8, 4) is 0 Å². The van der Waals surface area contributed by atoms with Crippen LogP contribution in [0.1, 0.15) is 0 Å². The van der Waals surface area contributed by atoms with Crippen LogP contribution in [0, 0.1) is 0 Å². The summed E-state index contributed by atoms with van der Waals surface area (Å²) >= 11 is 0. The van der Waals surface area contributed by atoms with Crippen LogP contribution in [-0.2, 0) is 13.3 Å². The van der Waals surface area contributed by atoms with Gasteiger partial charge in [0.1, 0.15) is 6.61 Å². The molecule has 1 radical (unpaired) electrons. The van der Waals surface area contributed by atoms with Crippen LogP contribution in [0.2, 0.25) is 0 Å². The molecule has 0 saturated heterocycles. The zero-order chi connectivity index (χ0) is 26.4. The van der Waals surface area contributed by atoms with Gasteiger partial charge in [-0.15, -0.1) is 0 Å². The second-order valence-corrected chi connectivity index (χ2v) is 7.20. The first-order chi connectivity index (χ1) is 13.7. The Labute approximate surface area is 167 Å². The first-order valence-electron chi connectivity index (χ1n) is 7.03. The van der Waals surface area contributed by atoms with Gasteiger partial charge in [-0.1, -0.05) is 0 Å². The summed E-state index contributed by atoms with van der Waals surface area (Å²) in [6.45, 7) is -3.05. The molecule has 0 atom stereocenters. The zero-order valence-corrected chi connectivity index (χ0v) is 15.9. The van der Waals surface area contributed by atoms with Crippen molar-refractivity contribution in [1.82, 2.24) is 0 Å². The van der Waals surface area contributed by atoms with Crippen LogP contribution < -0.4 is 0 Å². The Bertz CT molecular complexity index is 642. The van der Waals surface area contributed by atoms with Gasteiger partial charge < -0.3 is 13.3 Å². The van der Waals surface area contributed by atoms with Crippen molar-refractivity contribution in [1.29, 1.82) is 0 Å². The van der Waals surface area contributed by atoms with Gasteiger partial charge in [-0.3, -0.25) is 0 Å². The summed E-state index contributed by atoms with van der Waals surface area (Å²) in [4.78, 5) is 0. The molecule has 0 unspecified atom stereocenters. The molecule has 0 bridgehead atoms. The quantitative estimate of drug-likeness (QED) is 0.264. The Balaban J connectivity index is 6.47. The molecule has 0 amide bonds. The summed E-state index contributed by atoms with van der Waals surface area (Å²) in [5.74, 6) is -56.8. The maximum absolute atomic E-state index is 13.5. The van der Waals surface area contributed by atoms with Crippen molar-refractivity contribution in [2.24, 2.45) is 0 Å². The molecule has 0 saturated carbocycles. The summed E-state index contributed by atoms with van der Waals surface area (Å²) in [6, 6.07) is 0. The van der Waals surface area contributed by atoms with Crippen molar-refractivity contribution in [3.63, 3.8) is 0 Å². The molecule has 0 spiro atoms. The fraction of sp³-hybridized carbons (Fsp3) is 1.00. The van der Waals surface area contributed by atoms with Gasteiger partial charge >= 0.3 is 57.2 Å². The average molecular weight is 539 g/mol. The van der Waals surface area contributed by atoms with E-state index in [9.17, 15) is 74.6 Å². The number of hydrogen-bond donors (Lipinski definition) is 0. The molecule has 0 heterocycles. The van der Waals surface area contributed by atoms with E-state index in [2.05, 4.69) is 13.3 Å². The molecule has 21 heteroatoms. The lowest BCUT2D eigenvalue weighted by molar-refractivity contribution is -0.462. The van der Waals surface area contributed by atoms with Crippen molar-refractivity contribution in [2.75, 3.05) is 20.8 Å². The third kappa shape index (κ3) is 4.35. The highest BCUT2D eigenvalue weighted by Gasteiger charge is 2.95. The minimum absolute atomic E-state index is 0.611. The van der Waals surface area contributed by atoms with Crippen LogP contribution in [0.15, 0.2) is 0 Å². The van der Waals surface area contributed by atoms with Crippen LogP contribution in [0.4, 0.5) is 74.6 Å². The Morgan fingerprint density at radius 3 is 1.03 bits per heavy atom. The van der Waals surface area contributed by atoms with Gasteiger partial charge in [-0.25, -0.2) is 0 Å². The highest BCUT2D eigenvalue weighted by atomic mass is 28.3. The Hall–Kier alpha value is -1.09. The van der Waals surface area contributed by atoms with Gasteiger partial charge in [-0.05, 0) is 0 Å². The molecule has 0 aliphatic carbocycles. The molecule has 0 aromatic rings. The number of halogens is 17. The molecule has 0 aliphatic rings. The molecule has 0 N–H and O–H groups in total. The van der Waals surface area contributed by atoms with Crippen LogP contribution in [0.5, 0.6) is 0 Å². The topological polar surface area (TPSA) is 27.7 Å². The summed E-state index contributed by atoms with van der Waals surface area (Å²) in [7, 11) is -2.20. The maximum atomic E-state index is 13.5.